The van der Waals surface area contributed by atoms with Gasteiger partial charge in [-0.2, -0.15) is 13.2 Å². The molecule has 0 spiro atoms. The Morgan fingerprint density at radius 1 is 1.33 bits per heavy atom. The van der Waals surface area contributed by atoms with Crippen molar-refractivity contribution in [1.82, 2.24) is 9.55 Å². The summed E-state index contributed by atoms with van der Waals surface area (Å²) in [5.41, 5.74) is 0.422. The molecule has 7 heteroatoms. The van der Waals surface area contributed by atoms with Gasteiger partial charge < -0.3 is 9.30 Å². The van der Waals surface area contributed by atoms with Gasteiger partial charge in [-0.05, 0) is 44.4 Å². The van der Waals surface area contributed by atoms with E-state index in [1.54, 1.807) is 6.20 Å². The fourth-order valence-corrected chi connectivity index (χ4v) is 3.14. The summed E-state index contributed by atoms with van der Waals surface area (Å²) in [4.78, 5) is 4.29. The van der Waals surface area contributed by atoms with Gasteiger partial charge in [-0.15, -0.1) is 0 Å². The molecule has 130 valence electrons. The predicted octanol–water partition coefficient (Wildman–Crippen LogP) is 5.10. The minimum atomic E-state index is -4.42. The van der Waals surface area contributed by atoms with Gasteiger partial charge in [0.1, 0.15) is 5.82 Å². The Hall–Kier alpha value is -1.53. The second-order valence-electron chi connectivity index (χ2n) is 6.01. The van der Waals surface area contributed by atoms with Crippen LogP contribution in [-0.2, 0) is 17.5 Å². The number of halogens is 4. The number of nitrogens with zero attached hydrogens (tertiary/aromatic N) is 2. The first-order chi connectivity index (χ1) is 11.4. The highest BCUT2D eigenvalue weighted by atomic mass is 35.5. The minimum Gasteiger partial charge on any atom is -0.376 e. The van der Waals surface area contributed by atoms with E-state index in [0.717, 1.165) is 43.7 Å². The maximum absolute atomic E-state index is 13.0. The molecule has 1 fully saturated rings. The van der Waals surface area contributed by atoms with E-state index in [-0.39, 0.29) is 16.7 Å². The molecule has 1 aliphatic rings. The Morgan fingerprint density at radius 3 is 2.79 bits per heavy atom. The summed E-state index contributed by atoms with van der Waals surface area (Å²) in [5, 5.41) is 0.249. The Morgan fingerprint density at radius 2 is 2.12 bits per heavy atom. The lowest BCUT2D eigenvalue weighted by Crippen LogP contribution is -2.25. The van der Waals surface area contributed by atoms with Gasteiger partial charge in [0.25, 0.3) is 0 Å². The Kier molecular flexibility index (Phi) is 4.88. The van der Waals surface area contributed by atoms with Gasteiger partial charge in [-0.1, -0.05) is 11.6 Å². The van der Waals surface area contributed by atoms with E-state index in [2.05, 4.69) is 4.98 Å². The van der Waals surface area contributed by atoms with Crippen LogP contribution in [0, 0.1) is 6.92 Å². The van der Waals surface area contributed by atoms with Crippen molar-refractivity contribution < 1.29 is 17.9 Å². The number of alkyl halides is 3. The summed E-state index contributed by atoms with van der Waals surface area (Å²) in [7, 11) is 0. The molecule has 0 N–H and O–H groups in total. The van der Waals surface area contributed by atoms with Crippen LogP contribution in [0.4, 0.5) is 13.2 Å². The van der Waals surface area contributed by atoms with Crippen LogP contribution < -0.4 is 0 Å². The summed E-state index contributed by atoms with van der Waals surface area (Å²) in [6.45, 7) is 3.16. The van der Waals surface area contributed by atoms with E-state index in [0.29, 0.717) is 12.4 Å². The van der Waals surface area contributed by atoms with Crippen LogP contribution in [0.15, 0.2) is 24.4 Å². The third-order valence-corrected chi connectivity index (χ3v) is 4.58. The summed E-state index contributed by atoms with van der Waals surface area (Å²) < 4.78 is 46.6. The van der Waals surface area contributed by atoms with Crippen LogP contribution in [0.2, 0.25) is 5.02 Å². The molecule has 0 aliphatic carbocycles. The monoisotopic (exact) mass is 358 g/mol. The molecule has 0 bridgehead atoms. The van der Waals surface area contributed by atoms with E-state index < -0.39 is 11.7 Å². The molecular weight excluding hydrogens is 341 g/mol. The number of benzene rings is 1. The van der Waals surface area contributed by atoms with Crippen molar-refractivity contribution in [3.8, 4) is 11.4 Å². The fraction of sp³-hybridized carbons (Fsp3) is 0.471. The van der Waals surface area contributed by atoms with Crippen molar-refractivity contribution in [3.05, 3.63) is 40.7 Å². The highest BCUT2D eigenvalue weighted by molar-refractivity contribution is 6.33. The molecule has 3 rings (SSSR count). The van der Waals surface area contributed by atoms with E-state index in [1.165, 1.54) is 6.07 Å². The molecule has 1 aromatic carbocycles. The molecule has 3 nitrogen and oxygen atoms in total. The highest BCUT2D eigenvalue weighted by Crippen LogP contribution is 2.36. The third kappa shape index (κ3) is 3.59. The molecule has 0 saturated carbocycles. The maximum atomic E-state index is 13.0. The zero-order valence-electron chi connectivity index (χ0n) is 13.2. The van der Waals surface area contributed by atoms with Gasteiger partial charge in [-0.3, -0.25) is 0 Å². The number of rotatable bonds is 3. The molecule has 1 atom stereocenters. The average Bonchev–Trinajstić information content (AvgIpc) is 2.89. The molecule has 1 aliphatic heterocycles. The lowest BCUT2D eigenvalue weighted by molar-refractivity contribution is -0.137. The highest BCUT2D eigenvalue weighted by Gasteiger charge is 2.31. The average molecular weight is 359 g/mol. The van der Waals surface area contributed by atoms with E-state index in [1.807, 2.05) is 11.5 Å². The molecular formula is C17H18ClF3N2O. The number of hydrogen-bond donors (Lipinski definition) is 0. The lowest BCUT2D eigenvalue weighted by Gasteiger charge is -2.24. The molecule has 0 radical (unpaired) electrons. The van der Waals surface area contributed by atoms with Gasteiger partial charge in [0.05, 0.1) is 23.2 Å². The van der Waals surface area contributed by atoms with E-state index >= 15 is 0 Å². The SMILES string of the molecule is Cc1cnc(-c2cc(C(F)(F)F)ccc2Cl)n1CC1CCCCO1. The van der Waals surface area contributed by atoms with Crippen molar-refractivity contribution >= 4 is 11.6 Å². The van der Waals surface area contributed by atoms with E-state index in [4.69, 9.17) is 16.3 Å². The summed E-state index contributed by atoms with van der Waals surface area (Å²) in [6, 6.07) is 3.31. The number of hydrogen-bond acceptors (Lipinski definition) is 2. The summed E-state index contributed by atoms with van der Waals surface area (Å²) in [6.07, 6.45) is 0.361. The molecule has 2 aromatic rings. The molecule has 1 unspecified atom stereocenters. The minimum absolute atomic E-state index is 0.0509. The van der Waals surface area contributed by atoms with Crippen molar-refractivity contribution in [1.29, 1.82) is 0 Å². The second kappa shape index (κ2) is 6.76. The smallest absolute Gasteiger partial charge is 0.376 e. The van der Waals surface area contributed by atoms with Crippen molar-refractivity contribution in [3.63, 3.8) is 0 Å². The van der Waals surface area contributed by atoms with Gasteiger partial charge in [0.2, 0.25) is 0 Å². The van der Waals surface area contributed by atoms with Crippen LogP contribution in [0.25, 0.3) is 11.4 Å². The van der Waals surface area contributed by atoms with Crippen molar-refractivity contribution in [2.24, 2.45) is 0 Å². The topological polar surface area (TPSA) is 27.1 Å². The fourth-order valence-electron chi connectivity index (χ4n) is 2.93. The molecule has 1 aromatic heterocycles. The largest absolute Gasteiger partial charge is 0.416 e. The maximum Gasteiger partial charge on any atom is 0.416 e. The van der Waals surface area contributed by atoms with Gasteiger partial charge in [0, 0.05) is 24.1 Å². The Bertz CT molecular complexity index is 721. The van der Waals surface area contributed by atoms with Crippen LogP contribution >= 0.6 is 11.6 Å². The molecule has 2 heterocycles. The number of ether oxygens (including phenoxy) is 1. The Balaban J connectivity index is 1.98. The van der Waals surface area contributed by atoms with Gasteiger partial charge in [-0.25, -0.2) is 4.98 Å². The molecule has 1 saturated heterocycles. The van der Waals surface area contributed by atoms with Crippen LogP contribution in [-0.4, -0.2) is 22.3 Å². The first kappa shape index (κ1) is 17.3. The first-order valence-corrected chi connectivity index (χ1v) is 8.25. The van der Waals surface area contributed by atoms with Crippen molar-refractivity contribution in [2.45, 2.75) is 45.0 Å². The third-order valence-electron chi connectivity index (χ3n) is 4.25. The van der Waals surface area contributed by atoms with Crippen LogP contribution in [0.1, 0.15) is 30.5 Å². The first-order valence-electron chi connectivity index (χ1n) is 7.87. The summed E-state index contributed by atoms with van der Waals surface area (Å²) >= 11 is 6.15. The number of aryl methyl sites for hydroxylation is 1. The zero-order valence-corrected chi connectivity index (χ0v) is 14.0. The zero-order chi connectivity index (χ0) is 17.3. The van der Waals surface area contributed by atoms with Crippen LogP contribution in [0.3, 0.4) is 0 Å². The Labute approximate surface area is 143 Å². The van der Waals surface area contributed by atoms with Crippen molar-refractivity contribution in [2.75, 3.05) is 6.61 Å². The summed E-state index contributed by atoms with van der Waals surface area (Å²) in [5.74, 6) is 0.442. The van der Waals surface area contributed by atoms with Gasteiger partial charge in [0.15, 0.2) is 0 Å². The van der Waals surface area contributed by atoms with Gasteiger partial charge >= 0.3 is 6.18 Å². The molecule has 0 amide bonds. The number of aromatic nitrogens is 2. The predicted molar refractivity (Wildman–Crippen MR) is 86.0 cm³/mol. The van der Waals surface area contributed by atoms with Crippen LogP contribution in [0.5, 0.6) is 0 Å². The van der Waals surface area contributed by atoms with E-state index in [9.17, 15) is 13.2 Å². The lowest BCUT2D eigenvalue weighted by atomic mass is 10.1. The quantitative estimate of drug-likeness (QED) is 0.763. The normalized spacial score (nSPS) is 18.8. The second-order valence-corrected chi connectivity index (χ2v) is 6.42. The standard InChI is InChI=1S/C17H18ClF3N2O/c1-11-9-22-16(23(11)10-13-4-2-3-7-24-13)14-8-12(17(19,20)21)5-6-15(14)18/h5-6,8-9,13H,2-4,7,10H2,1H3. The molecule has 24 heavy (non-hydrogen) atoms. The number of imidazole rings is 1.